The van der Waals surface area contributed by atoms with E-state index in [0.717, 1.165) is 5.69 Å². The van der Waals surface area contributed by atoms with E-state index in [1.165, 1.54) is 0 Å². The van der Waals surface area contributed by atoms with Crippen LogP contribution in [-0.2, 0) is 11.3 Å². The number of hydrogen-bond donors (Lipinski definition) is 2. The van der Waals surface area contributed by atoms with Crippen molar-refractivity contribution < 1.29 is 9.84 Å². The van der Waals surface area contributed by atoms with Crippen LogP contribution < -0.4 is 5.32 Å². The topological polar surface area (TPSA) is 59.3 Å². The van der Waals surface area contributed by atoms with Crippen molar-refractivity contribution in [1.82, 2.24) is 9.78 Å². The first-order valence-electron chi connectivity index (χ1n) is 5.18. The van der Waals surface area contributed by atoms with Crippen molar-refractivity contribution in [2.45, 2.75) is 6.54 Å². The fourth-order valence-electron chi connectivity index (χ4n) is 1.15. The van der Waals surface area contributed by atoms with Gasteiger partial charge in [0.2, 0.25) is 0 Å². The van der Waals surface area contributed by atoms with Crippen LogP contribution in [0.2, 0.25) is 0 Å². The highest BCUT2D eigenvalue weighted by Crippen LogP contribution is 2.07. The smallest absolute Gasteiger partial charge is 0.104 e. The van der Waals surface area contributed by atoms with Crippen LogP contribution in [0.5, 0.6) is 0 Å². The van der Waals surface area contributed by atoms with Gasteiger partial charge in [-0.25, -0.2) is 0 Å². The molecule has 0 bridgehead atoms. The first kappa shape index (κ1) is 14.3. The van der Waals surface area contributed by atoms with Crippen molar-refractivity contribution in [3.63, 3.8) is 0 Å². The first-order chi connectivity index (χ1) is 8.22. The summed E-state index contributed by atoms with van der Waals surface area (Å²) in [7, 11) is 0. The summed E-state index contributed by atoms with van der Waals surface area (Å²) in [6.07, 6.45) is 5.23. The van der Waals surface area contributed by atoms with E-state index in [0.29, 0.717) is 26.3 Å². The molecule has 0 saturated heterocycles. The lowest BCUT2D eigenvalue weighted by Gasteiger charge is -2.02. The van der Waals surface area contributed by atoms with E-state index in [2.05, 4.69) is 10.4 Å². The molecule has 0 saturated carbocycles. The van der Waals surface area contributed by atoms with Crippen LogP contribution in [0.4, 0.5) is 5.69 Å². The van der Waals surface area contributed by atoms with Crippen molar-refractivity contribution in [3.05, 3.63) is 23.0 Å². The van der Waals surface area contributed by atoms with E-state index in [1.807, 2.05) is 6.20 Å². The summed E-state index contributed by atoms with van der Waals surface area (Å²) >= 11 is 11.0. The Morgan fingerprint density at radius 1 is 1.53 bits per heavy atom. The monoisotopic (exact) mass is 279 g/mol. The predicted molar refractivity (Wildman–Crippen MR) is 68.4 cm³/mol. The Morgan fingerprint density at radius 3 is 3.06 bits per heavy atom. The van der Waals surface area contributed by atoms with Crippen molar-refractivity contribution in [2.24, 2.45) is 0 Å². The van der Waals surface area contributed by atoms with E-state index < -0.39 is 0 Å². The quantitative estimate of drug-likeness (QED) is 0.710. The molecule has 1 rings (SSSR count). The molecule has 0 spiro atoms. The molecule has 0 aliphatic carbocycles. The van der Waals surface area contributed by atoms with Gasteiger partial charge >= 0.3 is 0 Å². The summed E-state index contributed by atoms with van der Waals surface area (Å²) in [5, 5.41) is 15.8. The van der Waals surface area contributed by atoms with Crippen molar-refractivity contribution in [3.8, 4) is 0 Å². The lowest BCUT2D eigenvalue weighted by atomic mass is 10.5. The molecule has 1 aromatic heterocycles. The molecular weight excluding hydrogens is 265 g/mol. The fourth-order valence-corrected chi connectivity index (χ4v) is 1.30. The maximum Gasteiger partial charge on any atom is 0.104 e. The van der Waals surface area contributed by atoms with Crippen LogP contribution in [0.25, 0.3) is 0 Å². The number of ether oxygens (including phenoxy) is 1. The second-order valence-electron chi connectivity index (χ2n) is 3.20. The van der Waals surface area contributed by atoms with Crippen molar-refractivity contribution in [1.29, 1.82) is 0 Å². The molecule has 0 fully saturated rings. The number of nitrogens with one attached hydrogen (secondary N) is 1. The molecule has 0 aliphatic heterocycles. The molecule has 1 aromatic rings. The maximum absolute atomic E-state index is 8.53. The van der Waals surface area contributed by atoms with Gasteiger partial charge in [0.25, 0.3) is 0 Å². The van der Waals surface area contributed by atoms with Gasteiger partial charge in [-0.15, -0.1) is 0 Å². The molecule has 0 unspecified atom stereocenters. The van der Waals surface area contributed by atoms with Gasteiger partial charge in [0.15, 0.2) is 0 Å². The third-order valence-electron chi connectivity index (χ3n) is 1.90. The summed E-state index contributed by atoms with van der Waals surface area (Å²) in [5.74, 6) is 0. The number of halogens is 2. The fraction of sp³-hybridized carbons (Fsp3) is 0.500. The van der Waals surface area contributed by atoms with Gasteiger partial charge in [-0.2, -0.15) is 5.10 Å². The second kappa shape index (κ2) is 8.36. The Balaban J connectivity index is 2.25. The third-order valence-corrected chi connectivity index (χ3v) is 2.20. The maximum atomic E-state index is 8.53. The van der Waals surface area contributed by atoms with Gasteiger partial charge in [0.05, 0.1) is 38.2 Å². The van der Waals surface area contributed by atoms with Crippen LogP contribution in [0.15, 0.2) is 23.0 Å². The molecule has 0 amide bonds. The minimum absolute atomic E-state index is 0.0391. The van der Waals surface area contributed by atoms with E-state index in [-0.39, 0.29) is 11.1 Å². The number of anilines is 1. The summed E-state index contributed by atoms with van der Waals surface area (Å²) in [4.78, 5) is 0. The molecule has 0 aliphatic rings. The molecule has 96 valence electrons. The molecule has 0 atom stereocenters. The average molecular weight is 280 g/mol. The molecule has 2 N–H and O–H groups in total. The molecule has 0 aromatic carbocycles. The van der Waals surface area contributed by atoms with Crippen LogP contribution in [-0.4, -0.2) is 41.3 Å². The summed E-state index contributed by atoms with van der Waals surface area (Å²) < 4.78 is 7.13. The minimum Gasteiger partial charge on any atom is -0.394 e. The average Bonchev–Trinajstić information content (AvgIpc) is 2.72. The van der Waals surface area contributed by atoms with Gasteiger partial charge in [-0.05, 0) is 6.08 Å². The normalized spacial score (nSPS) is 10.3. The lowest BCUT2D eigenvalue weighted by molar-refractivity contribution is 0.0854. The van der Waals surface area contributed by atoms with Crippen molar-refractivity contribution >= 4 is 28.9 Å². The highest BCUT2D eigenvalue weighted by molar-refractivity contribution is 6.55. The Kier molecular flexibility index (Phi) is 7.04. The van der Waals surface area contributed by atoms with Crippen LogP contribution in [0.1, 0.15) is 0 Å². The van der Waals surface area contributed by atoms with Gasteiger partial charge in [-0.3, -0.25) is 4.68 Å². The molecule has 17 heavy (non-hydrogen) atoms. The van der Waals surface area contributed by atoms with Crippen LogP contribution in [0, 0.1) is 0 Å². The summed E-state index contributed by atoms with van der Waals surface area (Å²) in [5.41, 5.74) is 0.887. The number of rotatable bonds is 8. The largest absolute Gasteiger partial charge is 0.394 e. The molecule has 7 heteroatoms. The van der Waals surface area contributed by atoms with E-state index in [1.54, 1.807) is 17.0 Å². The van der Waals surface area contributed by atoms with Crippen LogP contribution >= 0.6 is 23.2 Å². The number of aromatic nitrogens is 2. The Morgan fingerprint density at radius 2 is 2.35 bits per heavy atom. The number of aliphatic hydroxyl groups excluding tert-OH is 1. The highest BCUT2D eigenvalue weighted by atomic mass is 35.5. The predicted octanol–water partition coefficient (Wildman–Crippen LogP) is 1.62. The molecule has 1 heterocycles. The Hall–Kier alpha value is -0.750. The second-order valence-corrected chi connectivity index (χ2v) is 4.21. The lowest BCUT2D eigenvalue weighted by Crippen LogP contribution is -2.08. The molecule has 0 radical (unpaired) electrons. The third kappa shape index (κ3) is 6.53. The Labute approximate surface area is 110 Å². The number of nitrogens with zero attached hydrogens (tertiary/aromatic N) is 2. The summed E-state index contributed by atoms with van der Waals surface area (Å²) in [6, 6.07) is 0. The van der Waals surface area contributed by atoms with Gasteiger partial charge in [-0.1, -0.05) is 23.2 Å². The zero-order valence-electron chi connectivity index (χ0n) is 9.27. The van der Waals surface area contributed by atoms with E-state index >= 15 is 0 Å². The van der Waals surface area contributed by atoms with Crippen LogP contribution in [0.3, 0.4) is 0 Å². The first-order valence-corrected chi connectivity index (χ1v) is 5.94. The van der Waals surface area contributed by atoms with Gasteiger partial charge in [0.1, 0.15) is 4.49 Å². The van der Waals surface area contributed by atoms with Crippen molar-refractivity contribution in [2.75, 3.05) is 31.7 Å². The van der Waals surface area contributed by atoms with E-state index in [9.17, 15) is 0 Å². The number of aliphatic hydroxyl groups is 1. The highest BCUT2D eigenvalue weighted by Gasteiger charge is 1.97. The van der Waals surface area contributed by atoms with E-state index in [4.69, 9.17) is 33.0 Å². The molecular formula is C10H15Cl2N3O2. The summed E-state index contributed by atoms with van der Waals surface area (Å²) in [6.45, 7) is 2.11. The standard InChI is InChI=1S/C10H15Cl2N3O2/c11-10(12)1-2-13-9-7-14-15(8-9)3-5-17-6-4-16/h1,7-8,13,16H,2-6H2. The molecule has 5 nitrogen and oxygen atoms in total. The Bertz CT molecular complexity index is 351. The zero-order chi connectivity index (χ0) is 12.5. The number of hydrogen-bond acceptors (Lipinski definition) is 4. The minimum atomic E-state index is 0.0391. The SMILES string of the molecule is OCCOCCn1cc(NCC=C(Cl)Cl)cn1. The van der Waals surface area contributed by atoms with Gasteiger partial charge < -0.3 is 15.2 Å². The van der Waals surface area contributed by atoms with Gasteiger partial charge in [0, 0.05) is 12.7 Å². The zero-order valence-corrected chi connectivity index (χ0v) is 10.8.